The number of carbonyl (C=O) groups excluding carboxylic acids is 1. The first-order chi connectivity index (χ1) is 14.8. The van der Waals surface area contributed by atoms with Gasteiger partial charge in [-0.05, 0) is 67.4 Å². The van der Waals surface area contributed by atoms with Gasteiger partial charge in [0.15, 0.2) is 0 Å². The molecule has 1 amide bonds. The topological polar surface area (TPSA) is 66.4 Å². The summed E-state index contributed by atoms with van der Waals surface area (Å²) in [7, 11) is 0. The molecular weight excluding hydrogens is 474 g/mol. The van der Waals surface area contributed by atoms with Crippen LogP contribution in [0.25, 0.3) is 10.1 Å². The van der Waals surface area contributed by atoms with Gasteiger partial charge in [-0.25, -0.2) is 0 Å². The van der Waals surface area contributed by atoms with Crippen molar-refractivity contribution in [1.82, 2.24) is 5.32 Å². The highest BCUT2D eigenvalue weighted by Crippen LogP contribution is 2.61. The molecule has 2 N–H and O–H groups in total. The van der Waals surface area contributed by atoms with Gasteiger partial charge in [0.25, 0.3) is 5.91 Å². The number of amides is 1. The first-order valence-corrected chi connectivity index (χ1v) is 12.8. The van der Waals surface area contributed by atoms with Crippen molar-refractivity contribution < 1.29 is 14.7 Å². The summed E-state index contributed by atoms with van der Waals surface area (Å²) < 4.78 is 2.15. The minimum atomic E-state index is -0.737. The molecule has 4 atom stereocenters. The van der Waals surface area contributed by atoms with E-state index in [2.05, 4.69) is 53.3 Å². The van der Waals surface area contributed by atoms with Gasteiger partial charge in [0.05, 0.1) is 5.56 Å². The molecule has 1 aromatic carbocycles. The molecule has 3 aliphatic carbocycles. The van der Waals surface area contributed by atoms with Gasteiger partial charge in [-0.2, -0.15) is 0 Å². The third kappa shape index (κ3) is 4.61. The van der Waals surface area contributed by atoms with Crippen molar-refractivity contribution in [1.29, 1.82) is 0 Å². The highest BCUT2D eigenvalue weighted by atomic mass is 79.9. The number of benzene rings is 1. The third-order valence-corrected chi connectivity index (χ3v) is 8.96. The van der Waals surface area contributed by atoms with Crippen LogP contribution in [0.1, 0.15) is 62.7 Å². The summed E-state index contributed by atoms with van der Waals surface area (Å²) in [6.45, 7) is 4.70. The summed E-state index contributed by atoms with van der Waals surface area (Å²) in [6.07, 6.45) is 9.28. The maximum Gasteiger partial charge on any atom is 0.303 e. The van der Waals surface area contributed by atoms with Crippen molar-refractivity contribution in [2.24, 2.45) is 23.2 Å². The Morgan fingerprint density at radius 3 is 2.84 bits per heavy atom. The average molecular weight is 504 g/mol. The van der Waals surface area contributed by atoms with E-state index in [-0.39, 0.29) is 23.8 Å². The smallest absolute Gasteiger partial charge is 0.303 e. The summed E-state index contributed by atoms with van der Waals surface area (Å²) in [6, 6.07) is 6.26. The number of rotatable bonds is 8. The fourth-order valence-corrected chi connectivity index (χ4v) is 7.03. The largest absolute Gasteiger partial charge is 0.481 e. The second-order valence-corrected chi connectivity index (χ2v) is 11.5. The van der Waals surface area contributed by atoms with Crippen molar-refractivity contribution in [3.05, 3.63) is 45.8 Å². The Morgan fingerprint density at radius 2 is 2.10 bits per heavy atom. The number of hydrogen-bond acceptors (Lipinski definition) is 3. The molecule has 166 valence electrons. The first-order valence-electron chi connectivity index (χ1n) is 11.1. The average Bonchev–Trinajstić information content (AvgIpc) is 3.13. The Morgan fingerprint density at radius 1 is 1.29 bits per heavy atom. The lowest BCUT2D eigenvalue weighted by Gasteiger charge is -2.62. The number of carboxylic acids is 1. The van der Waals surface area contributed by atoms with Crippen LogP contribution in [0.5, 0.6) is 0 Å². The van der Waals surface area contributed by atoms with E-state index in [0.29, 0.717) is 18.3 Å². The van der Waals surface area contributed by atoms with Gasteiger partial charge < -0.3 is 10.4 Å². The number of fused-ring (bicyclic) bond motifs is 3. The Kier molecular flexibility index (Phi) is 6.59. The number of aliphatic carboxylic acids is 1. The molecule has 2 aromatic rings. The van der Waals surface area contributed by atoms with Gasteiger partial charge in [-0.15, -0.1) is 11.3 Å². The van der Waals surface area contributed by atoms with Crippen LogP contribution in [0, 0.1) is 23.2 Å². The third-order valence-electron chi connectivity index (χ3n) is 7.52. The number of carboxylic acid groups (broad SMARTS) is 1. The van der Waals surface area contributed by atoms with Crippen molar-refractivity contribution in [2.45, 2.75) is 58.4 Å². The summed E-state index contributed by atoms with van der Waals surface area (Å²) in [5.41, 5.74) is 1.05. The van der Waals surface area contributed by atoms with Crippen molar-refractivity contribution in [3.8, 4) is 0 Å². The molecule has 3 fully saturated rings. The fraction of sp³-hybridized carbons (Fsp3) is 0.520. The van der Waals surface area contributed by atoms with E-state index >= 15 is 0 Å². The molecule has 6 heteroatoms. The number of hydrogen-bond donors (Lipinski definition) is 2. The molecule has 0 aliphatic heterocycles. The normalized spacial score (nSPS) is 26.7. The maximum absolute atomic E-state index is 13.3. The number of halogens is 1. The van der Waals surface area contributed by atoms with Crippen molar-refractivity contribution in [3.63, 3.8) is 0 Å². The fourth-order valence-electron chi connectivity index (χ4n) is 5.53. The summed E-state index contributed by atoms with van der Waals surface area (Å²) in [5.74, 6) is 0.986. The van der Waals surface area contributed by atoms with E-state index in [9.17, 15) is 9.59 Å². The second-order valence-electron chi connectivity index (χ2n) is 9.64. The number of carbonyl (C=O) groups is 2. The Bertz CT molecular complexity index is 1010. The van der Waals surface area contributed by atoms with Crippen LogP contribution < -0.4 is 5.32 Å². The van der Waals surface area contributed by atoms with Gasteiger partial charge in [0, 0.05) is 32.4 Å². The molecule has 1 heterocycles. The van der Waals surface area contributed by atoms with Crippen LogP contribution in [0.2, 0.25) is 0 Å². The van der Waals surface area contributed by atoms with Crippen molar-refractivity contribution >= 4 is 49.2 Å². The predicted octanol–water partition coefficient (Wildman–Crippen LogP) is 6.65. The lowest BCUT2D eigenvalue weighted by Crippen LogP contribution is -2.63. The number of allylic oxidation sites excluding steroid dienone is 2. The lowest BCUT2D eigenvalue weighted by atomic mass is 9.44. The maximum atomic E-state index is 13.3. The molecule has 0 radical (unpaired) electrons. The SMILES string of the molecule is CC1(C)[C@@H]2C[C@@H](CC=CCCCC(=O)O)[C@@H](NC(=O)c3csc4cc(Br)ccc34)[C@H]1C2. The lowest BCUT2D eigenvalue weighted by molar-refractivity contribution is -0.137. The van der Waals surface area contributed by atoms with Crippen LogP contribution >= 0.6 is 27.3 Å². The number of nitrogens with one attached hydrogen (secondary N) is 1. The van der Waals surface area contributed by atoms with E-state index in [0.717, 1.165) is 45.3 Å². The summed E-state index contributed by atoms with van der Waals surface area (Å²) in [5, 5.41) is 15.2. The van der Waals surface area contributed by atoms with Crippen LogP contribution in [-0.4, -0.2) is 23.0 Å². The second kappa shape index (κ2) is 9.07. The predicted molar refractivity (Wildman–Crippen MR) is 130 cm³/mol. The van der Waals surface area contributed by atoms with Crippen LogP contribution in [0.15, 0.2) is 40.2 Å². The first kappa shape index (κ1) is 22.5. The van der Waals surface area contributed by atoms with Gasteiger partial charge >= 0.3 is 5.97 Å². The molecule has 0 unspecified atom stereocenters. The summed E-state index contributed by atoms with van der Waals surface area (Å²) in [4.78, 5) is 23.9. The number of unbranched alkanes of at least 4 members (excludes halogenated alkanes) is 1. The molecular formula is C25H30BrNO3S. The van der Waals surface area contributed by atoms with Crippen LogP contribution in [0.4, 0.5) is 0 Å². The molecule has 4 nitrogen and oxygen atoms in total. The minimum Gasteiger partial charge on any atom is -0.481 e. The molecule has 1 aromatic heterocycles. The molecule has 3 aliphatic rings. The Hall–Kier alpha value is -1.66. The molecule has 3 saturated carbocycles. The van der Waals surface area contributed by atoms with Crippen LogP contribution in [-0.2, 0) is 4.79 Å². The van der Waals surface area contributed by atoms with Gasteiger partial charge in [0.2, 0.25) is 0 Å². The highest BCUT2D eigenvalue weighted by molar-refractivity contribution is 9.10. The molecule has 0 saturated heterocycles. The molecule has 31 heavy (non-hydrogen) atoms. The van der Waals surface area contributed by atoms with Crippen LogP contribution in [0.3, 0.4) is 0 Å². The Balaban J connectivity index is 1.45. The summed E-state index contributed by atoms with van der Waals surface area (Å²) >= 11 is 5.12. The molecule has 5 rings (SSSR count). The number of thiophene rings is 1. The molecule has 2 bridgehead atoms. The van der Waals surface area contributed by atoms with E-state index in [1.807, 2.05) is 17.5 Å². The standard InChI is InChI=1S/C25H30BrNO3S/c1-25(2)16-11-15(7-5-3-4-6-8-22(28)29)23(20(25)12-16)27-24(30)19-14-31-21-13-17(26)9-10-18(19)21/h3,5,9-10,13-16,20,23H,4,6-8,11-12H2,1-2H3,(H,27,30)(H,28,29)/t15-,16-,20-,23-/m1/s1. The monoisotopic (exact) mass is 503 g/mol. The zero-order valence-electron chi connectivity index (χ0n) is 18.1. The van der Waals surface area contributed by atoms with E-state index in [1.54, 1.807) is 11.3 Å². The highest BCUT2D eigenvalue weighted by Gasteiger charge is 2.57. The van der Waals surface area contributed by atoms with E-state index < -0.39 is 5.97 Å². The zero-order valence-corrected chi connectivity index (χ0v) is 20.5. The van der Waals surface area contributed by atoms with E-state index in [1.165, 1.54) is 6.42 Å². The van der Waals surface area contributed by atoms with Crippen molar-refractivity contribution in [2.75, 3.05) is 0 Å². The Labute approximate surface area is 196 Å². The molecule has 0 spiro atoms. The van der Waals surface area contributed by atoms with Gasteiger partial charge in [-0.3, -0.25) is 9.59 Å². The van der Waals surface area contributed by atoms with Gasteiger partial charge in [-0.1, -0.05) is 48.0 Å². The van der Waals surface area contributed by atoms with Gasteiger partial charge in [0.1, 0.15) is 0 Å². The van der Waals surface area contributed by atoms with E-state index in [4.69, 9.17) is 5.11 Å². The zero-order chi connectivity index (χ0) is 22.2. The minimum absolute atomic E-state index is 0.0372. The quantitative estimate of drug-likeness (QED) is 0.313.